The van der Waals surface area contributed by atoms with Gasteiger partial charge in [0.2, 0.25) is 5.95 Å². The number of aryl methyl sites for hydroxylation is 2. The van der Waals surface area contributed by atoms with Crippen molar-refractivity contribution in [1.82, 2.24) is 19.4 Å². The summed E-state index contributed by atoms with van der Waals surface area (Å²) in [6, 6.07) is 7.77. The lowest BCUT2D eigenvalue weighted by Crippen LogP contribution is -2.20. The first kappa shape index (κ1) is 11.5. The van der Waals surface area contributed by atoms with E-state index >= 15 is 0 Å². The zero-order chi connectivity index (χ0) is 13.6. The number of imidazole rings is 1. The molecule has 6 heteroatoms. The Labute approximate surface area is 108 Å². The van der Waals surface area contributed by atoms with Crippen molar-refractivity contribution in [2.24, 2.45) is 0 Å². The summed E-state index contributed by atoms with van der Waals surface area (Å²) in [5.41, 5.74) is 8.35. The fourth-order valence-electron chi connectivity index (χ4n) is 2.16. The molecule has 0 fully saturated rings. The predicted molar refractivity (Wildman–Crippen MR) is 72.9 cm³/mol. The molecule has 3 aromatic rings. The number of benzene rings is 1. The fourth-order valence-corrected chi connectivity index (χ4v) is 2.16. The van der Waals surface area contributed by atoms with Crippen molar-refractivity contribution in [2.75, 3.05) is 5.73 Å². The minimum absolute atomic E-state index is 0.0943. The second-order valence-electron chi connectivity index (χ2n) is 4.42. The Balaban J connectivity index is 2.44. The highest BCUT2D eigenvalue weighted by Crippen LogP contribution is 2.23. The van der Waals surface area contributed by atoms with E-state index in [-0.39, 0.29) is 11.6 Å². The van der Waals surface area contributed by atoms with E-state index < -0.39 is 0 Å². The maximum absolute atomic E-state index is 12.1. The van der Waals surface area contributed by atoms with Crippen LogP contribution in [0, 0.1) is 13.8 Å². The van der Waals surface area contributed by atoms with Gasteiger partial charge in [0.15, 0.2) is 11.5 Å². The van der Waals surface area contributed by atoms with Gasteiger partial charge in [-0.2, -0.15) is 4.98 Å². The summed E-state index contributed by atoms with van der Waals surface area (Å²) in [5.74, 6) is 0.677. The molecule has 19 heavy (non-hydrogen) atoms. The van der Waals surface area contributed by atoms with Crippen molar-refractivity contribution >= 4 is 11.6 Å². The third-order valence-corrected chi connectivity index (χ3v) is 3.07. The summed E-state index contributed by atoms with van der Waals surface area (Å²) < 4.78 is 1.45. The van der Waals surface area contributed by atoms with Crippen LogP contribution in [0.15, 0.2) is 29.1 Å². The summed E-state index contributed by atoms with van der Waals surface area (Å²) >= 11 is 0. The number of anilines is 1. The number of aromatic amines is 1. The first-order chi connectivity index (χ1) is 9.08. The van der Waals surface area contributed by atoms with Crippen molar-refractivity contribution in [3.8, 4) is 11.4 Å². The monoisotopic (exact) mass is 255 g/mol. The van der Waals surface area contributed by atoms with Crippen LogP contribution in [-0.2, 0) is 0 Å². The Hall–Kier alpha value is -2.63. The van der Waals surface area contributed by atoms with E-state index in [4.69, 9.17) is 5.73 Å². The fraction of sp³-hybridized carbons (Fsp3) is 0.154. The quantitative estimate of drug-likeness (QED) is 0.685. The molecule has 0 saturated carbocycles. The van der Waals surface area contributed by atoms with Gasteiger partial charge in [0.05, 0.1) is 5.69 Å². The van der Waals surface area contributed by atoms with Crippen molar-refractivity contribution in [1.29, 1.82) is 0 Å². The number of nitrogens with zero attached hydrogens (tertiary/aromatic N) is 3. The lowest BCUT2D eigenvalue weighted by atomic mass is 10.1. The molecule has 1 aromatic carbocycles. The number of nitrogens with one attached hydrogen (secondary N) is 1. The van der Waals surface area contributed by atoms with Crippen LogP contribution in [0.4, 0.5) is 5.95 Å². The summed E-state index contributed by atoms with van der Waals surface area (Å²) in [4.78, 5) is 23.1. The maximum Gasteiger partial charge on any atom is 0.335 e. The normalized spacial score (nSPS) is 11.1. The second kappa shape index (κ2) is 3.94. The van der Waals surface area contributed by atoms with Gasteiger partial charge in [-0.25, -0.2) is 14.2 Å². The van der Waals surface area contributed by atoms with Crippen LogP contribution in [0.25, 0.3) is 17.0 Å². The highest BCUT2D eigenvalue weighted by Gasteiger charge is 2.15. The summed E-state index contributed by atoms with van der Waals surface area (Å²) in [5, 5.41) is 0. The maximum atomic E-state index is 12.1. The molecule has 0 atom stereocenters. The van der Waals surface area contributed by atoms with Gasteiger partial charge >= 0.3 is 5.69 Å². The zero-order valence-corrected chi connectivity index (χ0v) is 10.6. The van der Waals surface area contributed by atoms with E-state index in [0.717, 1.165) is 11.1 Å². The van der Waals surface area contributed by atoms with Crippen LogP contribution < -0.4 is 11.4 Å². The van der Waals surface area contributed by atoms with E-state index in [0.29, 0.717) is 17.2 Å². The number of nitrogens with two attached hydrogens (primary N) is 1. The lowest BCUT2D eigenvalue weighted by Gasteiger charge is -2.03. The summed E-state index contributed by atoms with van der Waals surface area (Å²) in [6.07, 6.45) is 0. The highest BCUT2D eigenvalue weighted by molar-refractivity contribution is 5.65. The topological polar surface area (TPSA) is 89.1 Å². The van der Waals surface area contributed by atoms with Crippen LogP contribution in [0.2, 0.25) is 0 Å². The van der Waals surface area contributed by atoms with Crippen LogP contribution in [-0.4, -0.2) is 19.4 Å². The molecule has 2 heterocycles. The molecule has 0 bridgehead atoms. The first-order valence-electron chi connectivity index (χ1n) is 5.89. The molecule has 3 N–H and O–H groups in total. The Morgan fingerprint density at radius 2 is 1.95 bits per heavy atom. The molecule has 0 unspecified atom stereocenters. The summed E-state index contributed by atoms with van der Waals surface area (Å²) in [6.45, 7) is 3.79. The largest absolute Gasteiger partial charge is 0.369 e. The van der Waals surface area contributed by atoms with Crippen LogP contribution in [0.5, 0.6) is 0 Å². The van der Waals surface area contributed by atoms with Crippen LogP contribution >= 0.6 is 0 Å². The standard InChI is InChI=1S/C13H13N5O/c1-7-5-3-4-6-9(7)11-15-8(2)10-16-12(14)17-13(19)18(10)11/h3-6H,1-2H3,(H3,14,16,17,19). The molecule has 6 nitrogen and oxygen atoms in total. The minimum Gasteiger partial charge on any atom is -0.369 e. The van der Waals surface area contributed by atoms with Gasteiger partial charge < -0.3 is 5.73 Å². The molecule has 0 amide bonds. The van der Waals surface area contributed by atoms with Gasteiger partial charge in [0, 0.05) is 5.56 Å². The van der Waals surface area contributed by atoms with Crippen molar-refractivity contribution in [3.05, 3.63) is 46.0 Å². The molecular formula is C13H13N5O. The first-order valence-corrected chi connectivity index (χ1v) is 5.89. The molecule has 2 aromatic heterocycles. The van der Waals surface area contributed by atoms with E-state index in [1.807, 2.05) is 38.1 Å². The molecule has 0 radical (unpaired) electrons. The highest BCUT2D eigenvalue weighted by atomic mass is 16.1. The molecular weight excluding hydrogens is 242 g/mol. The molecule has 3 rings (SSSR count). The average molecular weight is 255 g/mol. The van der Waals surface area contributed by atoms with Crippen LogP contribution in [0.1, 0.15) is 11.3 Å². The molecule has 96 valence electrons. The smallest absolute Gasteiger partial charge is 0.335 e. The molecule has 0 aliphatic heterocycles. The minimum atomic E-state index is -0.332. The van der Waals surface area contributed by atoms with E-state index in [1.165, 1.54) is 4.40 Å². The van der Waals surface area contributed by atoms with Crippen molar-refractivity contribution in [3.63, 3.8) is 0 Å². The van der Waals surface area contributed by atoms with Gasteiger partial charge in [-0.1, -0.05) is 24.3 Å². The lowest BCUT2D eigenvalue weighted by molar-refractivity contribution is 0.964. The van der Waals surface area contributed by atoms with Gasteiger partial charge in [-0.3, -0.25) is 4.98 Å². The SMILES string of the molecule is Cc1ccccc1-c1nc(C)c2nc(N)[nH]c(=O)n12. The summed E-state index contributed by atoms with van der Waals surface area (Å²) in [7, 11) is 0. The average Bonchev–Trinajstić information content (AvgIpc) is 2.67. The van der Waals surface area contributed by atoms with Crippen molar-refractivity contribution in [2.45, 2.75) is 13.8 Å². The number of aromatic nitrogens is 4. The molecule has 0 aliphatic carbocycles. The van der Waals surface area contributed by atoms with Gasteiger partial charge in [0.1, 0.15) is 0 Å². The molecule has 0 spiro atoms. The predicted octanol–water partition coefficient (Wildman–Crippen LogP) is 1.28. The van der Waals surface area contributed by atoms with E-state index in [2.05, 4.69) is 15.0 Å². The van der Waals surface area contributed by atoms with Crippen molar-refractivity contribution < 1.29 is 0 Å². The number of nitrogen functional groups attached to an aromatic ring is 1. The zero-order valence-electron chi connectivity index (χ0n) is 10.6. The molecule has 0 saturated heterocycles. The number of hydrogen-bond donors (Lipinski definition) is 2. The van der Waals surface area contributed by atoms with Gasteiger partial charge in [0.25, 0.3) is 0 Å². The third-order valence-electron chi connectivity index (χ3n) is 3.07. The Kier molecular flexibility index (Phi) is 2.38. The molecule has 0 aliphatic rings. The number of hydrogen-bond acceptors (Lipinski definition) is 4. The Morgan fingerprint density at radius 3 is 2.68 bits per heavy atom. The van der Waals surface area contributed by atoms with E-state index in [1.54, 1.807) is 0 Å². The van der Waals surface area contributed by atoms with Gasteiger partial charge in [-0.15, -0.1) is 0 Å². The van der Waals surface area contributed by atoms with Gasteiger partial charge in [-0.05, 0) is 19.4 Å². The Morgan fingerprint density at radius 1 is 1.21 bits per heavy atom. The Bertz CT molecular complexity index is 831. The van der Waals surface area contributed by atoms with Crippen LogP contribution in [0.3, 0.4) is 0 Å². The van der Waals surface area contributed by atoms with E-state index in [9.17, 15) is 4.79 Å². The third kappa shape index (κ3) is 1.69. The number of H-pyrrole nitrogens is 1. The number of rotatable bonds is 1. The number of fused-ring (bicyclic) bond motifs is 1. The second-order valence-corrected chi connectivity index (χ2v) is 4.42.